The van der Waals surface area contributed by atoms with Crippen molar-refractivity contribution in [2.75, 3.05) is 13.1 Å². The fraction of sp³-hybridized carbons (Fsp3) is 0.471. The van der Waals surface area contributed by atoms with Gasteiger partial charge in [0, 0.05) is 19.1 Å². The molecule has 0 spiro atoms. The van der Waals surface area contributed by atoms with Gasteiger partial charge in [-0.1, -0.05) is 19.1 Å². The van der Waals surface area contributed by atoms with E-state index in [4.69, 9.17) is 5.73 Å². The smallest absolute Gasteiger partial charge is 0.256 e. The lowest BCUT2D eigenvalue weighted by Crippen LogP contribution is -2.51. The number of piperidine rings is 1. The lowest BCUT2D eigenvalue weighted by molar-refractivity contribution is 0.0532. The molecule has 0 bridgehead atoms. The highest BCUT2D eigenvalue weighted by atomic mass is 16.2. The monoisotopic (exact) mass is 313 g/mol. The molecule has 6 heteroatoms. The van der Waals surface area contributed by atoms with Crippen LogP contribution in [0.5, 0.6) is 0 Å². The fourth-order valence-electron chi connectivity index (χ4n) is 3.44. The summed E-state index contributed by atoms with van der Waals surface area (Å²) in [6.45, 7) is 5.39. The molecule has 2 atom stereocenters. The molecule has 3 rings (SSSR count). The molecule has 2 heterocycles. The number of likely N-dealkylation sites (tertiary alicyclic amines) is 1. The standard InChI is InChI=1S/C17H23N5O/c1-12-6-4-10-21(15(12)11-18)17(23)14-7-3-5-13(2)16(14)22-19-8-9-20-22/h3,5,7-9,12,15H,4,6,10-11,18H2,1-2H3/t12-,15-/m1/s1. The van der Waals surface area contributed by atoms with Crippen LogP contribution in [0.4, 0.5) is 0 Å². The van der Waals surface area contributed by atoms with Crippen LogP contribution >= 0.6 is 0 Å². The van der Waals surface area contributed by atoms with Crippen LogP contribution in [0.15, 0.2) is 30.6 Å². The van der Waals surface area contributed by atoms with Gasteiger partial charge in [0.15, 0.2) is 0 Å². The molecular formula is C17H23N5O. The lowest BCUT2D eigenvalue weighted by atomic mass is 9.90. The maximum atomic E-state index is 13.2. The maximum absolute atomic E-state index is 13.2. The summed E-state index contributed by atoms with van der Waals surface area (Å²) in [5.74, 6) is 0.441. The summed E-state index contributed by atoms with van der Waals surface area (Å²) >= 11 is 0. The van der Waals surface area contributed by atoms with Crippen molar-refractivity contribution in [3.05, 3.63) is 41.7 Å². The van der Waals surface area contributed by atoms with E-state index < -0.39 is 0 Å². The van der Waals surface area contributed by atoms with E-state index in [1.54, 1.807) is 12.4 Å². The highest BCUT2D eigenvalue weighted by Gasteiger charge is 2.32. The lowest BCUT2D eigenvalue weighted by Gasteiger charge is -2.39. The third-order valence-electron chi connectivity index (χ3n) is 4.70. The van der Waals surface area contributed by atoms with Crippen LogP contribution in [-0.2, 0) is 0 Å². The second-order valence-corrected chi connectivity index (χ2v) is 6.21. The average Bonchev–Trinajstić information content (AvgIpc) is 3.07. The van der Waals surface area contributed by atoms with Crippen molar-refractivity contribution in [3.63, 3.8) is 0 Å². The number of aryl methyl sites for hydroxylation is 1. The number of hydrogen-bond acceptors (Lipinski definition) is 4. The number of nitrogens with zero attached hydrogens (tertiary/aromatic N) is 4. The van der Waals surface area contributed by atoms with E-state index in [0.717, 1.165) is 30.6 Å². The van der Waals surface area contributed by atoms with Gasteiger partial charge in [0.05, 0.1) is 18.0 Å². The molecule has 1 saturated heterocycles. The number of carbonyl (C=O) groups excluding carboxylic acids is 1. The van der Waals surface area contributed by atoms with Gasteiger partial charge in [-0.15, -0.1) is 0 Å². The SMILES string of the molecule is Cc1cccc(C(=O)N2CCC[C@@H](C)[C@H]2CN)c1-n1nccn1. The molecule has 2 aromatic rings. The zero-order chi connectivity index (χ0) is 16.4. The number of benzene rings is 1. The molecule has 1 aromatic carbocycles. The van der Waals surface area contributed by atoms with Crippen molar-refractivity contribution in [3.8, 4) is 5.69 Å². The minimum atomic E-state index is 0.0167. The first-order chi connectivity index (χ1) is 11.1. The second kappa shape index (κ2) is 6.50. The van der Waals surface area contributed by atoms with Crippen molar-refractivity contribution in [2.45, 2.75) is 32.7 Å². The summed E-state index contributed by atoms with van der Waals surface area (Å²) in [6.07, 6.45) is 5.37. The molecule has 0 radical (unpaired) electrons. The van der Waals surface area contributed by atoms with Crippen LogP contribution in [-0.4, -0.2) is 44.9 Å². The number of hydrogen-bond donors (Lipinski definition) is 1. The van der Waals surface area contributed by atoms with Gasteiger partial charge in [0.1, 0.15) is 5.69 Å². The molecule has 1 aliphatic rings. The third-order valence-corrected chi connectivity index (χ3v) is 4.70. The molecule has 0 unspecified atom stereocenters. The highest BCUT2D eigenvalue weighted by molar-refractivity contribution is 5.98. The normalized spacial score (nSPS) is 21.4. The van der Waals surface area contributed by atoms with Crippen LogP contribution in [0.2, 0.25) is 0 Å². The van der Waals surface area contributed by atoms with Crippen molar-refractivity contribution in [1.82, 2.24) is 19.9 Å². The predicted octanol–water partition coefficient (Wildman–Crippen LogP) is 1.78. The van der Waals surface area contributed by atoms with Gasteiger partial charge in [-0.3, -0.25) is 4.79 Å². The minimum Gasteiger partial charge on any atom is -0.334 e. The van der Waals surface area contributed by atoms with Gasteiger partial charge < -0.3 is 10.6 Å². The number of carbonyl (C=O) groups is 1. The number of amides is 1. The molecule has 2 N–H and O–H groups in total. The summed E-state index contributed by atoms with van der Waals surface area (Å²) in [5, 5.41) is 8.40. The minimum absolute atomic E-state index is 0.0167. The predicted molar refractivity (Wildman–Crippen MR) is 88.4 cm³/mol. The Labute approximate surface area is 136 Å². The van der Waals surface area contributed by atoms with Gasteiger partial charge in [0.2, 0.25) is 0 Å². The molecule has 0 aliphatic carbocycles. The summed E-state index contributed by atoms with van der Waals surface area (Å²) in [4.78, 5) is 16.6. The van der Waals surface area contributed by atoms with Crippen LogP contribution in [0.25, 0.3) is 5.69 Å². The second-order valence-electron chi connectivity index (χ2n) is 6.21. The van der Waals surface area contributed by atoms with E-state index in [-0.39, 0.29) is 11.9 Å². The van der Waals surface area contributed by atoms with Crippen molar-refractivity contribution in [2.24, 2.45) is 11.7 Å². The Bertz CT molecular complexity index is 682. The summed E-state index contributed by atoms with van der Waals surface area (Å²) < 4.78 is 0. The van der Waals surface area contributed by atoms with Gasteiger partial charge in [-0.05, 0) is 37.3 Å². The Kier molecular flexibility index (Phi) is 4.43. The van der Waals surface area contributed by atoms with Crippen LogP contribution < -0.4 is 5.73 Å². The number of rotatable bonds is 3. The molecule has 1 amide bonds. The van der Waals surface area contributed by atoms with Crippen molar-refractivity contribution >= 4 is 5.91 Å². The van der Waals surface area contributed by atoms with Crippen LogP contribution in [0.1, 0.15) is 35.7 Å². The molecule has 1 fully saturated rings. The van der Waals surface area contributed by atoms with E-state index in [0.29, 0.717) is 18.0 Å². The van der Waals surface area contributed by atoms with E-state index in [9.17, 15) is 4.79 Å². The van der Waals surface area contributed by atoms with E-state index >= 15 is 0 Å². The Morgan fingerprint density at radius 2 is 2.09 bits per heavy atom. The van der Waals surface area contributed by atoms with Crippen LogP contribution in [0.3, 0.4) is 0 Å². The van der Waals surface area contributed by atoms with E-state index in [1.807, 2.05) is 30.0 Å². The van der Waals surface area contributed by atoms with Gasteiger partial charge in [0.25, 0.3) is 5.91 Å². The average molecular weight is 313 g/mol. The maximum Gasteiger partial charge on any atom is 0.256 e. The Hall–Kier alpha value is -2.21. The van der Waals surface area contributed by atoms with E-state index in [2.05, 4.69) is 17.1 Å². The molecular weight excluding hydrogens is 290 g/mol. The molecule has 122 valence electrons. The number of aromatic nitrogens is 3. The Balaban J connectivity index is 2.01. The summed E-state index contributed by atoms with van der Waals surface area (Å²) in [7, 11) is 0. The topological polar surface area (TPSA) is 77.0 Å². The fourth-order valence-corrected chi connectivity index (χ4v) is 3.44. The zero-order valence-electron chi connectivity index (χ0n) is 13.6. The molecule has 1 aromatic heterocycles. The van der Waals surface area contributed by atoms with Crippen molar-refractivity contribution in [1.29, 1.82) is 0 Å². The number of nitrogens with two attached hydrogens (primary N) is 1. The Morgan fingerprint density at radius 1 is 1.35 bits per heavy atom. The molecule has 0 saturated carbocycles. The van der Waals surface area contributed by atoms with E-state index in [1.165, 1.54) is 4.80 Å². The quantitative estimate of drug-likeness (QED) is 0.937. The Morgan fingerprint density at radius 3 is 2.78 bits per heavy atom. The van der Waals surface area contributed by atoms with Crippen molar-refractivity contribution < 1.29 is 4.79 Å². The van der Waals surface area contributed by atoms with Gasteiger partial charge in [-0.2, -0.15) is 15.0 Å². The van der Waals surface area contributed by atoms with Gasteiger partial charge in [-0.25, -0.2) is 0 Å². The van der Waals surface area contributed by atoms with Gasteiger partial charge >= 0.3 is 0 Å². The highest BCUT2D eigenvalue weighted by Crippen LogP contribution is 2.27. The van der Waals surface area contributed by atoms with Crippen LogP contribution in [0, 0.1) is 12.8 Å². The first-order valence-electron chi connectivity index (χ1n) is 8.10. The summed E-state index contributed by atoms with van der Waals surface area (Å²) in [5.41, 5.74) is 8.29. The zero-order valence-corrected chi connectivity index (χ0v) is 13.6. The molecule has 6 nitrogen and oxygen atoms in total. The molecule has 23 heavy (non-hydrogen) atoms. The number of para-hydroxylation sites is 1. The first kappa shape index (κ1) is 15.7. The summed E-state index contributed by atoms with van der Waals surface area (Å²) in [6, 6.07) is 5.81. The largest absolute Gasteiger partial charge is 0.334 e. The third kappa shape index (κ3) is 2.86. The molecule has 1 aliphatic heterocycles. The first-order valence-corrected chi connectivity index (χ1v) is 8.10.